The Morgan fingerprint density at radius 3 is 2.28 bits per heavy atom. The summed E-state index contributed by atoms with van der Waals surface area (Å²) in [6.45, 7) is 1.87. The number of rotatable bonds is 13. The lowest BCUT2D eigenvalue weighted by molar-refractivity contribution is -0.385. The molecule has 3 N–H and O–H groups in total. The standard InChI is InChI=1S/C35H28N6O7S2/c1-2-31(34(44)39-35-38-30(21-49-35)24-10-6-12-27(19-24)41(47)48)50-28-13-7-11-25(20-28)36-33(43)29(37-32(42)23-8-4-3-5-9-23)18-22-14-16-26(17-15-22)40(45)46/h3-21,31H,2H2,1H3,(H,36,43)(H,37,42)(H,38,39,44)/b29-18+. The van der Waals surface area contributed by atoms with E-state index in [0.717, 1.165) is 0 Å². The molecule has 4 aromatic carbocycles. The summed E-state index contributed by atoms with van der Waals surface area (Å²) in [6, 6.07) is 26.8. The molecule has 1 atom stereocenters. The van der Waals surface area contributed by atoms with Crippen molar-refractivity contribution in [3.8, 4) is 11.3 Å². The summed E-state index contributed by atoms with van der Waals surface area (Å²) in [5, 5.41) is 32.0. The minimum atomic E-state index is -0.636. The van der Waals surface area contributed by atoms with Crippen molar-refractivity contribution in [1.82, 2.24) is 10.3 Å². The van der Waals surface area contributed by atoms with Gasteiger partial charge in [0.1, 0.15) is 5.70 Å². The van der Waals surface area contributed by atoms with Crippen molar-refractivity contribution < 1.29 is 24.2 Å². The number of aromatic nitrogens is 1. The average molecular weight is 709 g/mol. The first-order valence-electron chi connectivity index (χ1n) is 15.0. The zero-order valence-electron chi connectivity index (χ0n) is 26.3. The molecular formula is C35H28N6O7S2. The Bertz CT molecular complexity index is 2080. The minimum absolute atomic E-state index is 0.0596. The number of anilines is 2. The van der Waals surface area contributed by atoms with Crippen LogP contribution < -0.4 is 16.0 Å². The van der Waals surface area contributed by atoms with Crippen LogP contribution in [0.15, 0.2) is 119 Å². The molecule has 0 aliphatic rings. The van der Waals surface area contributed by atoms with Crippen molar-refractivity contribution in [1.29, 1.82) is 0 Å². The molecule has 15 heteroatoms. The van der Waals surface area contributed by atoms with Crippen LogP contribution in [0.4, 0.5) is 22.2 Å². The van der Waals surface area contributed by atoms with Crippen LogP contribution in [0.3, 0.4) is 0 Å². The van der Waals surface area contributed by atoms with E-state index in [1.54, 1.807) is 72.1 Å². The van der Waals surface area contributed by atoms with Gasteiger partial charge in [0, 0.05) is 51.4 Å². The van der Waals surface area contributed by atoms with E-state index >= 15 is 0 Å². The van der Waals surface area contributed by atoms with Gasteiger partial charge in [-0.05, 0) is 60.5 Å². The third-order valence-electron chi connectivity index (χ3n) is 7.06. The van der Waals surface area contributed by atoms with E-state index in [9.17, 15) is 34.6 Å². The van der Waals surface area contributed by atoms with Crippen LogP contribution in [0, 0.1) is 20.2 Å². The van der Waals surface area contributed by atoms with E-state index in [0.29, 0.717) is 44.5 Å². The average Bonchev–Trinajstić information content (AvgIpc) is 3.59. The van der Waals surface area contributed by atoms with Crippen molar-refractivity contribution in [2.24, 2.45) is 0 Å². The number of nitro benzene ring substituents is 2. The van der Waals surface area contributed by atoms with E-state index in [4.69, 9.17) is 0 Å². The monoisotopic (exact) mass is 708 g/mol. The second-order valence-corrected chi connectivity index (χ2v) is 12.7. The number of thiazole rings is 1. The fourth-order valence-electron chi connectivity index (χ4n) is 4.56. The number of benzene rings is 4. The third-order valence-corrected chi connectivity index (χ3v) is 9.18. The van der Waals surface area contributed by atoms with Crippen LogP contribution in [0.25, 0.3) is 17.3 Å². The quantitative estimate of drug-likeness (QED) is 0.0480. The van der Waals surface area contributed by atoms with Crippen LogP contribution in [0.1, 0.15) is 29.3 Å². The van der Waals surface area contributed by atoms with Crippen molar-refractivity contribution in [3.05, 3.63) is 146 Å². The molecule has 0 fully saturated rings. The van der Waals surface area contributed by atoms with Gasteiger partial charge in [-0.25, -0.2) is 4.98 Å². The molecule has 252 valence electrons. The van der Waals surface area contributed by atoms with Crippen molar-refractivity contribution in [3.63, 3.8) is 0 Å². The highest BCUT2D eigenvalue weighted by Crippen LogP contribution is 2.31. The number of nitrogens with zero attached hydrogens (tertiary/aromatic N) is 3. The number of carbonyl (C=O) groups excluding carboxylic acids is 3. The summed E-state index contributed by atoms with van der Waals surface area (Å²) < 4.78 is 0. The molecule has 13 nitrogen and oxygen atoms in total. The first kappa shape index (κ1) is 35.1. The van der Waals surface area contributed by atoms with Crippen LogP contribution in [0.2, 0.25) is 0 Å². The minimum Gasteiger partial charge on any atom is -0.321 e. The van der Waals surface area contributed by atoms with E-state index in [2.05, 4.69) is 20.9 Å². The molecule has 5 rings (SSSR count). The van der Waals surface area contributed by atoms with Crippen molar-refractivity contribution in [2.45, 2.75) is 23.5 Å². The molecule has 50 heavy (non-hydrogen) atoms. The first-order valence-corrected chi connectivity index (χ1v) is 16.8. The van der Waals surface area contributed by atoms with Gasteiger partial charge in [-0.15, -0.1) is 23.1 Å². The maximum atomic E-state index is 13.5. The maximum absolute atomic E-state index is 13.5. The highest BCUT2D eigenvalue weighted by atomic mass is 32.2. The molecule has 0 saturated heterocycles. The Balaban J connectivity index is 1.28. The number of amides is 3. The summed E-state index contributed by atoms with van der Waals surface area (Å²) in [4.78, 5) is 66.0. The van der Waals surface area contributed by atoms with Gasteiger partial charge in [0.2, 0.25) is 5.91 Å². The molecule has 0 spiro atoms. The predicted octanol–water partition coefficient (Wildman–Crippen LogP) is 7.55. The Morgan fingerprint density at radius 1 is 0.860 bits per heavy atom. The molecule has 3 amide bonds. The molecule has 0 saturated carbocycles. The second kappa shape index (κ2) is 16.3. The van der Waals surface area contributed by atoms with Crippen molar-refractivity contribution >= 4 is 69.1 Å². The summed E-state index contributed by atoms with van der Waals surface area (Å²) in [5.74, 6) is -1.45. The molecule has 0 aliphatic carbocycles. The Hall–Kier alpha value is -6.19. The van der Waals surface area contributed by atoms with Gasteiger partial charge in [-0.2, -0.15) is 0 Å². The number of thioether (sulfide) groups is 1. The summed E-state index contributed by atoms with van der Waals surface area (Å²) in [6.07, 6.45) is 1.89. The largest absolute Gasteiger partial charge is 0.321 e. The topological polar surface area (TPSA) is 186 Å². The molecule has 1 aromatic heterocycles. The zero-order valence-corrected chi connectivity index (χ0v) is 27.9. The molecule has 5 aromatic rings. The lowest BCUT2D eigenvalue weighted by atomic mass is 10.1. The number of nitrogens with one attached hydrogen (secondary N) is 3. The van der Waals surface area contributed by atoms with Gasteiger partial charge in [0.05, 0.1) is 20.8 Å². The fourth-order valence-corrected chi connectivity index (χ4v) is 6.30. The molecule has 0 bridgehead atoms. The highest BCUT2D eigenvalue weighted by molar-refractivity contribution is 8.00. The van der Waals surface area contributed by atoms with Crippen molar-refractivity contribution in [2.75, 3.05) is 10.6 Å². The number of hydrogen-bond donors (Lipinski definition) is 3. The zero-order chi connectivity index (χ0) is 35.6. The second-order valence-electron chi connectivity index (χ2n) is 10.6. The van der Waals surface area contributed by atoms with E-state index in [-0.39, 0.29) is 23.0 Å². The van der Waals surface area contributed by atoms with Gasteiger partial charge < -0.3 is 16.0 Å². The molecule has 1 heterocycles. The normalized spacial score (nSPS) is 11.7. The fraction of sp³-hybridized carbons (Fsp3) is 0.0857. The molecular weight excluding hydrogens is 681 g/mol. The predicted molar refractivity (Wildman–Crippen MR) is 193 cm³/mol. The van der Waals surface area contributed by atoms with Gasteiger partial charge in [0.15, 0.2) is 5.13 Å². The highest BCUT2D eigenvalue weighted by Gasteiger charge is 2.21. The van der Waals surface area contributed by atoms with Gasteiger partial charge in [-0.1, -0.05) is 43.3 Å². The summed E-state index contributed by atoms with van der Waals surface area (Å²) in [5.41, 5.74) is 1.97. The van der Waals surface area contributed by atoms with Gasteiger partial charge >= 0.3 is 0 Å². The van der Waals surface area contributed by atoms with Gasteiger partial charge in [-0.3, -0.25) is 34.6 Å². The van der Waals surface area contributed by atoms with E-state index in [1.807, 2.05) is 6.92 Å². The van der Waals surface area contributed by atoms with Crippen LogP contribution in [0.5, 0.6) is 0 Å². The summed E-state index contributed by atoms with van der Waals surface area (Å²) >= 11 is 2.49. The maximum Gasteiger partial charge on any atom is 0.272 e. The number of nitro groups is 2. The number of non-ortho nitro benzene ring substituents is 2. The van der Waals surface area contributed by atoms with E-state index in [1.165, 1.54) is 65.6 Å². The van der Waals surface area contributed by atoms with E-state index < -0.39 is 26.9 Å². The number of hydrogen-bond acceptors (Lipinski definition) is 10. The summed E-state index contributed by atoms with van der Waals surface area (Å²) in [7, 11) is 0. The van der Waals surface area contributed by atoms with Gasteiger partial charge in [0.25, 0.3) is 23.2 Å². The molecule has 1 unspecified atom stereocenters. The van der Waals surface area contributed by atoms with Crippen LogP contribution in [-0.2, 0) is 9.59 Å². The number of carbonyl (C=O) groups is 3. The smallest absolute Gasteiger partial charge is 0.272 e. The Labute approximate surface area is 293 Å². The Kier molecular flexibility index (Phi) is 11.4. The molecule has 0 radical (unpaired) electrons. The lowest BCUT2D eigenvalue weighted by Gasteiger charge is -2.15. The third kappa shape index (κ3) is 9.24. The Morgan fingerprint density at radius 2 is 1.58 bits per heavy atom. The SMILES string of the molecule is CCC(Sc1cccc(NC(=O)/C(=C\c2ccc([N+](=O)[O-])cc2)NC(=O)c2ccccc2)c1)C(=O)Nc1nc(-c2cccc([N+](=O)[O-])c2)cs1. The van der Waals surface area contributed by atoms with Crippen LogP contribution >= 0.6 is 23.1 Å². The van der Waals surface area contributed by atoms with Crippen LogP contribution in [-0.4, -0.2) is 37.8 Å². The first-order chi connectivity index (χ1) is 24.1. The molecule has 0 aliphatic heterocycles. The lowest BCUT2D eigenvalue weighted by Crippen LogP contribution is -2.30.